The Balaban J connectivity index is 2.90. The summed E-state index contributed by atoms with van der Waals surface area (Å²) in [6.07, 6.45) is 6.69. The minimum atomic E-state index is 0.509. The van der Waals surface area contributed by atoms with Crippen molar-refractivity contribution in [1.29, 1.82) is 0 Å². The summed E-state index contributed by atoms with van der Waals surface area (Å²) in [6.45, 7) is 4.29. The quantitative estimate of drug-likeness (QED) is 0.598. The molecule has 0 heterocycles. The average Bonchev–Trinajstić information content (AvgIpc) is 2.11. The van der Waals surface area contributed by atoms with Crippen LogP contribution in [0.1, 0.15) is 20.3 Å². The van der Waals surface area contributed by atoms with Gasteiger partial charge in [0.25, 0.3) is 0 Å². The third kappa shape index (κ3) is 2.69. The zero-order chi connectivity index (χ0) is 9.14. The second kappa shape index (κ2) is 4.15. The van der Waals surface area contributed by atoms with Crippen LogP contribution in [-0.2, 0) is 0 Å². The van der Waals surface area contributed by atoms with Crippen LogP contribution in [0.4, 0.5) is 0 Å². The summed E-state index contributed by atoms with van der Waals surface area (Å²) < 4.78 is 0. The molecule has 0 N–H and O–H groups in total. The van der Waals surface area contributed by atoms with E-state index in [1.165, 1.54) is 5.57 Å². The van der Waals surface area contributed by atoms with Crippen molar-refractivity contribution >= 4 is 23.2 Å². The Kier molecular flexibility index (Phi) is 3.42. The summed E-state index contributed by atoms with van der Waals surface area (Å²) in [5, 5.41) is 1.52. The van der Waals surface area contributed by atoms with Crippen molar-refractivity contribution in [2.24, 2.45) is 5.92 Å². The van der Waals surface area contributed by atoms with Crippen LogP contribution in [0.2, 0.25) is 0 Å². The third-order valence-electron chi connectivity index (χ3n) is 1.80. The van der Waals surface area contributed by atoms with Gasteiger partial charge in [0.2, 0.25) is 0 Å². The fourth-order valence-electron chi connectivity index (χ4n) is 1.09. The minimum Gasteiger partial charge on any atom is -0.0888 e. The molecule has 0 radical (unpaired) electrons. The fraction of sp³-hybridized carbons (Fsp3) is 0.400. The Morgan fingerprint density at radius 2 is 1.92 bits per heavy atom. The lowest BCUT2D eigenvalue weighted by Crippen LogP contribution is -1.89. The van der Waals surface area contributed by atoms with Gasteiger partial charge in [-0.15, -0.1) is 0 Å². The van der Waals surface area contributed by atoms with Gasteiger partial charge in [-0.25, -0.2) is 0 Å². The molecule has 2 heteroatoms. The van der Waals surface area contributed by atoms with E-state index >= 15 is 0 Å². The maximum absolute atomic E-state index is 5.91. The van der Waals surface area contributed by atoms with Crippen LogP contribution < -0.4 is 0 Å². The molecule has 0 unspecified atom stereocenters. The van der Waals surface area contributed by atoms with Crippen LogP contribution in [0.5, 0.6) is 0 Å². The largest absolute Gasteiger partial charge is 0.0888 e. The van der Waals surface area contributed by atoms with Crippen LogP contribution in [0.25, 0.3) is 0 Å². The first-order valence-corrected chi connectivity index (χ1v) is 4.78. The number of allylic oxidation sites excluding steroid dienone is 6. The monoisotopic (exact) mass is 202 g/mol. The molecule has 0 amide bonds. The van der Waals surface area contributed by atoms with Crippen LogP contribution in [0.3, 0.4) is 0 Å². The van der Waals surface area contributed by atoms with Gasteiger partial charge in [-0.3, -0.25) is 0 Å². The molecule has 0 aliphatic heterocycles. The van der Waals surface area contributed by atoms with Gasteiger partial charge in [-0.05, 0) is 23.6 Å². The molecule has 0 aromatic carbocycles. The SMILES string of the molecule is CC(C)C1=CCC(Cl)=CC(Cl)=C1. The molecule has 0 saturated carbocycles. The summed E-state index contributed by atoms with van der Waals surface area (Å²) >= 11 is 11.8. The van der Waals surface area contributed by atoms with Crippen molar-refractivity contribution in [1.82, 2.24) is 0 Å². The number of halogens is 2. The molecule has 66 valence electrons. The first-order chi connectivity index (χ1) is 5.59. The Morgan fingerprint density at radius 3 is 2.50 bits per heavy atom. The Morgan fingerprint density at radius 1 is 1.25 bits per heavy atom. The molecule has 0 atom stereocenters. The van der Waals surface area contributed by atoms with Gasteiger partial charge in [0.05, 0.1) is 0 Å². The Hall–Kier alpha value is -0.200. The summed E-state index contributed by atoms with van der Waals surface area (Å²) in [7, 11) is 0. The van der Waals surface area contributed by atoms with Gasteiger partial charge in [0.1, 0.15) is 0 Å². The maximum Gasteiger partial charge on any atom is 0.0420 e. The lowest BCUT2D eigenvalue weighted by Gasteiger charge is -2.04. The zero-order valence-electron chi connectivity index (χ0n) is 7.27. The van der Waals surface area contributed by atoms with E-state index in [-0.39, 0.29) is 0 Å². The molecule has 1 aliphatic rings. The molecule has 0 nitrogen and oxygen atoms in total. The highest BCUT2D eigenvalue weighted by Gasteiger charge is 2.05. The van der Waals surface area contributed by atoms with Crippen LogP contribution in [-0.4, -0.2) is 0 Å². The van der Waals surface area contributed by atoms with Crippen LogP contribution in [0, 0.1) is 5.92 Å². The predicted octanol–water partition coefficient (Wildman–Crippen LogP) is 4.22. The molecular weight excluding hydrogens is 191 g/mol. The van der Waals surface area contributed by atoms with Gasteiger partial charge in [0, 0.05) is 16.5 Å². The lowest BCUT2D eigenvalue weighted by atomic mass is 10.0. The van der Waals surface area contributed by atoms with Crippen molar-refractivity contribution in [3.63, 3.8) is 0 Å². The smallest absolute Gasteiger partial charge is 0.0420 e. The summed E-state index contributed by atoms with van der Waals surface area (Å²) in [4.78, 5) is 0. The van der Waals surface area contributed by atoms with Crippen LogP contribution >= 0.6 is 23.2 Å². The third-order valence-corrected chi connectivity index (χ3v) is 2.28. The van der Waals surface area contributed by atoms with E-state index in [9.17, 15) is 0 Å². The van der Waals surface area contributed by atoms with Crippen molar-refractivity contribution in [2.75, 3.05) is 0 Å². The molecule has 0 aromatic rings. The topological polar surface area (TPSA) is 0 Å². The molecule has 0 spiro atoms. The molecule has 12 heavy (non-hydrogen) atoms. The van der Waals surface area contributed by atoms with Gasteiger partial charge in [-0.2, -0.15) is 0 Å². The summed E-state index contributed by atoms with van der Waals surface area (Å²) in [6, 6.07) is 0. The Labute approximate surface area is 83.6 Å². The second-order valence-corrected chi connectivity index (χ2v) is 4.11. The highest BCUT2D eigenvalue weighted by molar-refractivity contribution is 6.34. The number of rotatable bonds is 1. The molecule has 1 rings (SSSR count). The zero-order valence-corrected chi connectivity index (χ0v) is 8.78. The van der Waals surface area contributed by atoms with Crippen molar-refractivity contribution in [2.45, 2.75) is 20.3 Å². The van der Waals surface area contributed by atoms with Crippen LogP contribution in [0.15, 0.2) is 33.9 Å². The van der Waals surface area contributed by atoms with Crippen molar-refractivity contribution in [3.05, 3.63) is 33.9 Å². The molecule has 0 bridgehead atoms. The van der Waals surface area contributed by atoms with Gasteiger partial charge in [0.15, 0.2) is 0 Å². The number of hydrogen-bond donors (Lipinski definition) is 0. The van der Waals surface area contributed by atoms with E-state index in [1.54, 1.807) is 6.08 Å². The Bertz CT molecular complexity index is 257. The number of hydrogen-bond acceptors (Lipinski definition) is 0. The van der Waals surface area contributed by atoms with Crippen molar-refractivity contribution < 1.29 is 0 Å². The standard InChI is InChI=1S/C10H12Cl2/c1-7(2)8-3-4-9(11)6-10(12)5-8/h3,5-7H,4H2,1-2H3. The fourth-order valence-corrected chi connectivity index (χ4v) is 1.59. The maximum atomic E-state index is 5.91. The van der Waals surface area contributed by atoms with Gasteiger partial charge in [-0.1, -0.05) is 43.1 Å². The minimum absolute atomic E-state index is 0.509. The summed E-state index contributed by atoms with van der Waals surface area (Å²) in [5.41, 5.74) is 1.26. The van der Waals surface area contributed by atoms with Gasteiger partial charge >= 0.3 is 0 Å². The highest BCUT2D eigenvalue weighted by atomic mass is 35.5. The lowest BCUT2D eigenvalue weighted by molar-refractivity contribution is 0.787. The molecular formula is C10H12Cl2. The average molecular weight is 203 g/mol. The molecule has 1 aliphatic carbocycles. The van der Waals surface area contributed by atoms with E-state index in [4.69, 9.17) is 23.2 Å². The van der Waals surface area contributed by atoms with Gasteiger partial charge < -0.3 is 0 Å². The molecule has 0 saturated heterocycles. The summed E-state index contributed by atoms with van der Waals surface area (Å²) in [5.74, 6) is 0.509. The van der Waals surface area contributed by atoms with Crippen molar-refractivity contribution in [3.8, 4) is 0 Å². The van der Waals surface area contributed by atoms with E-state index in [1.807, 2.05) is 6.08 Å². The first kappa shape index (κ1) is 9.88. The first-order valence-electron chi connectivity index (χ1n) is 4.03. The normalized spacial score (nSPS) is 18.2. The van der Waals surface area contributed by atoms with E-state index in [2.05, 4.69) is 19.9 Å². The highest BCUT2D eigenvalue weighted by Crippen LogP contribution is 2.24. The molecule has 0 fully saturated rings. The van der Waals surface area contributed by atoms with E-state index < -0.39 is 0 Å². The molecule has 0 aromatic heterocycles. The second-order valence-electron chi connectivity index (χ2n) is 3.18. The predicted molar refractivity (Wildman–Crippen MR) is 55.4 cm³/mol. The van der Waals surface area contributed by atoms with E-state index in [0.29, 0.717) is 5.92 Å². The van der Waals surface area contributed by atoms with E-state index in [0.717, 1.165) is 16.5 Å².